The third-order valence-corrected chi connectivity index (χ3v) is 4.29. The largest absolute Gasteiger partial charge is 0.573 e. The minimum absolute atomic E-state index is 0.267. The summed E-state index contributed by atoms with van der Waals surface area (Å²) < 4.78 is 41.3. The molecule has 1 amide bonds. The van der Waals surface area contributed by atoms with Gasteiger partial charge < -0.3 is 10.1 Å². The number of hydrogen-bond donors (Lipinski definition) is 1. The normalized spacial score (nSPS) is 19.8. The molecular weight excluding hydrogens is 343 g/mol. The average Bonchev–Trinajstić information content (AvgIpc) is 2.72. The van der Waals surface area contributed by atoms with Crippen molar-refractivity contribution in [2.75, 3.05) is 5.32 Å². The Morgan fingerprint density at radius 3 is 2.46 bits per heavy atom. The van der Waals surface area contributed by atoms with Gasteiger partial charge in [-0.05, 0) is 54.8 Å². The van der Waals surface area contributed by atoms with Crippen molar-refractivity contribution in [1.82, 2.24) is 0 Å². The first-order valence-corrected chi connectivity index (χ1v) is 7.51. The average molecular weight is 356 g/mol. The number of amides is 1. The molecule has 2 aromatic rings. The van der Waals surface area contributed by atoms with Gasteiger partial charge in [0.1, 0.15) is 5.75 Å². The van der Waals surface area contributed by atoms with Gasteiger partial charge in [0.2, 0.25) is 5.91 Å². The zero-order valence-corrected chi connectivity index (χ0v) is 13.3. The Morgan fingerprint density at radius 2 is 1.83 bits per heavy atom. The van der Waals surface area contributed by atoms with E-state index in [-0.39, 0.29) is 11.7 Å². The molecule has 126 valence electrons. The molecular formula is C17H13ClF3NO2. The van der Waals surface area contributed by atoms with Crippen LogP contribution >= 0.6 is 11.6 Å². The number of fused-ring (bicyclic) bond motifs is 1. The minimum atomic E-state index is -4.78. The molecule has 7 heteroatoms. The Kier molecular flexibility index (Phi) is 3.95. The van der Waals surface area contributed by atoms with Crippen LogP contribution < -0.4 is 10.1 Å². The van der Waals surface area contributed by atoms with Crippen molar-refractivity contribution in [3.05, 3.63) is 58.6 Å². The molecule has 0 bridgehead atoms. The van der Waals surface area contributed by atoms with Gasteiger partial charge in [-0.15, -0.1) is 13.2 Å². The van der Waals surface area contributed by atoms with Gasteiger partial charge in [0.25, 0.3) is 0 Å². The summed E-state index contributed by atoms with van der Waals surface area (Å²) in [7, 11) is 0. The number of nitrogens with one attached hydrogen (secondary N) is 1. The molecule has 0 aliphatic carbocycles. The molecule has 2 aromatic carbocycles. The van der Waals surface area contributed by atoms with Crippen molar-refractivity contribution in [3.8, 4) is 5.75 Å². The number of alkyl halides is 3. The second-order valence-corrected chi connectivity index (χ2v) is 6.28. The number of carbonyl (C=O) groups excluding carboxylic acids is 1. The summed E-state index contributed by atoms with van der Waals surface area (Å²) in [4.78, 5) is 12.4. The van der Waals surface area contributed by atoms with E-state index in [1.807, 2.05) is 0 Å². The first-order chi connectivity index (χ1) is 11.2. The molecule has 1 atom stereocenters. The molecule has 1 aliphatic heterocycles. The molecule has 24 heavy (non-hydrogen) atoms. The molecule has 0 aromatic heterocycles. The van der Waals surface area contributed by atoms with Crippen molar-refractivity contribution in [2.24, 2.45) is 0 Å². The van der Waals surface area contributed by atoms with Gasteiger partial charge in [0, 0.05) is 10.7 Å². The summed E-state index contributed by atoms with van der Waals surface area (Å²) in [6.45, 7) is 1.69. The Morgan fingerprint density at radius 1 is 1.17 bits per heavy atom. The SMILES string of the molecule is CC1(Cc2ccc(Cl)cc2)C(=O)Nc2ccc(OC(F)(F)F)cc21. The van der Waals surface area contributed by atoms with Crippen molar-refractivity contribution in [3.63, 3.8) is 0 Å². The molecule has 0 saturated carbocycles. The monoisotopic (exact) mass is 355 g/mol. The smallest absolute Gasteiger partial charge is 0.406 e. The predicted octanol–water partition coefficient (Wildman–Crippen LogP) is 4.69. The molecule has 0 radical (unpaired) electrons. The zero-order chi connectivity index (χ0) is 17.5. The molecule has 1 N–H and O–H groups in total. The predicted molar refractivity (Wildman–Crippen MR) is 84.3 cm³/mol. The second kappa shape index (κ2) is 5.70. The molecule has 1 unspecified atom stereocenters. The number of rotatable bonds is 3. The van der Waals surface area contributed by atoms with E-state index in [9.17, 15) is 18.0 Å². The Labute approximate surface area is 141 Å². The van der Waals surface area contributed by atoms with Crippen molar-refractivity contribution >= 4 is 23.2 Å². The highest BCUT2D eigenvalue weighted by Gasteiger charge is 2.43. The lowest BCUT2D eigenvalue weighted by Gasteiger charge is -2.23. The third-order valence-electron chi connectivity index (χ3n) is 4.04. The van der Waals surface area contributed by atoms with Gasteiger partial charge in [-0.2, -0.15) is 0 Å². The van der Waals surface area contributed by atoms with Gasteiger partial charge in [-0.1, -0.05) is 23.7 Å². The molecule has 0 fully saturated rings. The van der Waals surface area contributed by atoms with E-state index in [4.69, 9.17) is 11.6 Å². The van der Waals surface area contributed by atoms with Crippen molar-refractivity contribution in [1.29, 1.82) is 0 Å². The van der Waals surface area contributed by atoms with Crippen LogP contribution in [0.1, 0.15) is 18.1 Å². The molecule has 0 saturated heterocycles. The fraction of sp³-hybridized carbons (Fsp3) is 0.235. The van der Waals surface area contributed by atoms with E-state index >= 15 is 0 Å². The van der Waals surface area contributed by atoms with Gasteiger partial charge in [0.05, 0.1) is 5.41 Å². The maximum Gasteiger partial charge on any atom is 0.573 e. The highest BCUT2D eigenvalue weighted by molar-refractivity contribution is 6.30. The fourth-order valence-corrected chi connectivity index (χ4v) is 2.98. The van der Waals surface area contributed by atoms with Gasteiger partial charge in [-0.3, -0.25) is 4.79 Å². The van der Waals surface area contributed by atoms with Crippen LogP contribution in [-0.2, 0) is 16.6 Å². The molecule has 0 spiro atoms. The minimum Gasteiger partial charge on any atom is -0.406 e. The fourth-order valence-electron chi connectivity index (χ4n) is 2.85. The van der Waals surface area contributed by atoms with E-state index in [0.29, 0.717) is 22.7 Å². The standard InChI is InChI=1S/C17H13ClF3NO2/c1-16(9-10-2-4-11(18)5-3-10)13-8-12(24-17(19,20)21)6-7-14(13)22-15(16)23/h2-8H,9H2,1H3,(H,22,23). The van der Waals surface area contributed by atoms with E-state index in [0.717, 1.165) is 5.56 Å². The van der Waals surface area contributed by atoms with Gasteiger partial charge in [-0.25, -0.2) is 0 Å². The van der Waals surface area contributed by atoms with Crippen LogP contribution in [-0.4, -0.2) is 12.3 Å². The third kappa shape index (κ3) is 3.19. The number of ether oxygens (including phenoxy) is 1. The van der Waals surface area contributed by atoms with Crippen LogP contribution in [0.4, 0.5) is 18.9 Å². The van der Waals surface area contributed by atoms with Crippen LogP contribution in [0.3, 0.4) is 0 Å². The van der Waals surface area contributed by atoms with Crippen LogP contribution in [0.15, 0.2) is 42.5 Å². The highest BCUT2D eigenvalue weighted by Crippen LogP contribution is 2.42. The van der Waals surface area contributed by atoms with E-state index < -0.39 is 11.8 Å². The topological polar surface area (TPSA) is 38.3 Å². The Hall–Kier alpha value is -2.21. The lowest BCUT2D eigenvalue weighted by Crippen LogP contribution is -2.33. The van der Waals surface area contributed by atoms with Crippen LogP contribution in [0.25, 0.3) is 0 Å². The molecule has 1 heterocycles. The number of carbonyl (C=O) groups is 1. The highest BCUT2D eigenvalue weighted by atomic mass is 35.5. The molecule has 1 aliphatic rings. The maximum absolute atomic E-state index is 12.4. The first-order valence-electron chi connectivity index (χ1n) is 7.13. The number of benzene rings is 2. The summed E-state index contributed by atoms with van der Waals surface area (Å²) >= 11 is 5.85. The zero-order valence-electron chi connectivity index (χ0n) is 12.6. The van der Waals surface area contributed by atoms with E-state index in [2.05, 4.69) is 10.1 Å². The van der Waals surface area contributed by atoms with E-state index in [1.54, 1.807) is 31.2 Å². The van der Waals surface area contributed by atoms with Crippen LogP contribution in [0.2, 0.25) is 5.02 Å². The lowest BCUT2D eigenvalue weighted by atomic mass is 9.78. The van der Waals surface area contributed by atoms with Crippen LogP contribution in [0, 0.1) is 0 Å². The second-order valence-electron chi connectivity index (χ2n) is 5.84. The summed E-state index contributed by atoms with van der Waals surface area (Å²) in [5.41, 5.74) is 0.830. The Balaban J connectivity index is 1.96. The van der Waals surface area contributed by atoms with Gasteiger partial charge in [0.15, 0.2) is 0 Å². The Bertz CT molecular complexity index is 789. The number of anilines is 1. The maximum atomic E-state index is 12.4. The summed E-state index contributed by atoms with van der Waals surface area (Å²) in [6, 6.07) is 10.8. The first kappa shape index (κ1) is 16.6. The molecule has 3 nitrogen and oxygen atoms in total. The number of halogens is 4. The summed E-state index contributed by atoms with van der Waals surface area (Å²) in [6.07, 6.45) is -4.45. The van der Waals surface area contributed by atoms with Crippen molar-refractivity contribution < 1.29 is 22.7 Å². The summed E-state index contributed by atoms with van der Waals surface area (Å²) in [5.74, 6) is -0.614. The molecule has 3 rings (SSSR count). The quantitative estimate of drug-likeness (QED) is 0.867. The van der Waals surface area contributed by atoms with Crippen LogP contribution in [0.5, 0.6) is 5.75 Å². The summed E-state index contributed by atoms with van der Waals surface area (Å²) in [5, 5.41) is 3.28. The van der Waals surface area contributed by atoms with E-state index in [1.165, 1.54) is 18.2 Å². The lowest BCUT2D eigenvalue weighted by molar-refractivity contribution is -0.274. The number of hydrogen-bond acceptors (Lipinski definition) is 2. The van der Waals surface area contributed by atoms with Crippen molar-refractivity contribution in [2.45, 2.75) is 25.1 Å². The van der Waals surface area contributed by atoms with Gasteiger partial charge >= 0.3 is 6.36 Å².